The van der Waals surface area contributed by atoms with Crippen molar-refractivity contribution in [2.24, 2.45) is 0 Å². The summed E-state index contributed by atoms with van der Waals surface area (Å²) in [6, 6.07) is 7.42. The minimum Gasteiger partial charge on any atom is -0.497 e. The molecule has 7 nitrogen and oxygen atoms in total. The fraction of sp³-hybridized carbons (Fsp3) is 0.600. The van der Waals surface area contributed by atoms with Crippen LogP contribution in [0.4, 0.5) is 15.3 Å². The maximum atomic E-state index is 13.0. The molecule has 1 aliphatic rings. The average molecular weight is 377 g/mol. The molecule has 0 spiro atoms. The number of carbonyl (C=O) groups excluding carboxylic acids is 2. The van der Waals surface area contributed by atoms with Crippen molar-refractivity contribution in [2.45, 2.75) is 52.1 Å². The number of nitrogens with zero attached hydrogens (tertiary/aromatic N) is 2. The molecule has 27 heavy (non-hydrogen) atoms. The van der Waals surface area contributed by atoms with Crippen molar-refractivity contribution in [3.05, 3.63) is 24.3 Å². The molecule has 3 amide bonds. The van der Waals surface area contributed by atoms with Crippen LogP contribution >= 0.6 is 0 Å². The lowest BCUT2D eigenvalue weighted by Gasteiger charge is -2.41. The van der Waals surface area contributed by atoms with Gasteiger partial charge < -0.3 is 24.6 Å². The van der Waals surface area contributed by atoms with Crippen molar-refractivity contribution < 1.29 is 19.1 Å². The SMILES string of the molecule is CCOC(=O)N1CCC(N(C(=O)Nc2cccc(OC)c2)[C@@H](C)CC)CC1. The molecule has 1 heterocycles. The van der Waals surface area contributed by atoms with Crippen LogP contribution in [0.25, 0.3) is 0 Å². The van der Waals surface area contributed by atoms with E-state index in [-0.39, 0.29) is 24.2 Å². The minimum atomic E-state index is -0.271. The molecule has 0 saturated carbocycles. The zero-order valence-electron chi connectivity index (χ0n) is 16.7. The molecule has 1 aromatic rings. The van der Waals surface area contributed by atoms with Crippen LogP contribution in [0.2, 0.25) is 0 Å². The maximum Gasteiger partial charge on any atom is 0.409 e. The molecule has 1 fully saturated rings. The van der Waals surface area contributed by atoms with E-state index in [1.807, 2.05) is 23.1 Å². The first kappa shape index (κ1) is 20.9. The van der Waals surface area contributed by atoms with Gasteiger partial charge in [0.05, 0.1) is 13.7 Å². The number of ether oxygens (including phenoxy) is 2. The van der Waals surface area contributed by atoms with Crippen molar-refractivity contribution in [1.82, 2.24) is 9.80 Å². The van der Waals surface area contributed by atoms with Gasteiger partial charge in [-0.05, 0) is 45.2 Å². The second-order valence-corrected chi connectivity index (χ2v) is 6.74. The van der Waals surface area contributed by atoms with Crippen molar-refractivity contribution in [2.75, 3.05) is 32.1 Å². The Bertz CT molecular complexity index is 629. The third-order valence-corrected chi connectivity index (χ3v) is 5.01. The molecule has 0 radical (unpaired) electrons. The van der Waals surface area contributed by atoms with E-state index in [2.05, 4.69) is 19.2 Å². The van der Waals surface area contributed by atoms with Gasteiger partial charge in [-0.3, -0.25) is 0 Å². The summed E-state index contributed by atoms with van der Waals surface area (Å²) in [6.45, 7) is 7.51. The molecule has 1 aliphatic heterocycles. The van der Waals surface area contributed by atoms with Crippen molar-refractivity contribution in [3.63, 3.8) is 0 Å². The number of benzene rings is 1. The monoisotopic (exact) mass is 377 g/mol. The zero-order valence-corrected chi connectivity index (χ0v) is 16.7. The van der Waals surface area contributed by atoms with Gasteiger partial charge in [-0.1, -0.05) is 13.0 Å². The predicted octanol–water partition coefficient (Wildman–Crippen LogP) is 3.95. The number of hydrogen-bond donors (Lipinski definition) is 1. The average Bonchev–Trinajstić information content (AvgIpc) is 2.68. The molecular weight excluding hydrogens is 346 g/mol. The molecule has 0 aliphatic carbocycles. The molecule has 7 heteroatoms. The number of rotatable bonds is 6. The predicted molar refractivity (Wildman–Crippen MR) is 105 cm³/mol. The van der Waals surface area contributed by atoms with Crippen LogP contribution in [-0.2, 0) is 4.74 Å². The lowest BCUT2D eigenvalue weighted by Crippen LogP contribution is -2.53. The van der Waals surface area contributed by atoms with Crippen LogP contribution in [0.5, 0.6) is 5.75 Å². The van der Waals surface area contributed by atoms with Gasteiger partial charge in [-0.15, -0.1) is 0 Å². The highest BCUT2D eigenvalue weighted by molar-refractivity contribution is 5.90. The molecule has 0 bridgehead atoms. The Labute approximate surface area is 161 Å². The summed E-state index contributed by atoms with van der Waals surface area (Å²) in [5.74, 6) is 0.700. The standard InChI is InChI=1S/C20H31N3O4/c1-5-15(3)23(17-10-12-22(13-11-17)20(25)27-6-2)19(24)21-16-8-7-9-18(14-16)26-4/h7-9,14-15,17H,5-6,10-13H2,1-4H3,(H,21,24)/t15-/m0/s1. The molecule has 0 aromatic heterocycles. The fourth-order valence-corrected chi connectivity index (χ4v) is 3.35. The van der Waals surface area contributed by atoms with Crippen molar-refractivity contribution in [1.29, 1.82) is 0 Å². The second kappa shape index (κ2) is 10.0. The van der Waals surface area contributed by atoms with Gasteiger partial charge in [0.2, 0.25) is 0 Å². The molecule has 1 saturated heterocycles. The van der Waals surface area contributed by atoms with E-state index in [0.29, 0.717) is 31.1 Å². The summed E-state index contributed by atoms with van der Waals surface area (Å²) in [6.07, 6.45) is 2.08. The van der Waals surface area contributed by atoms with E-state index >= 15 is 0 Å². The Kier molecular flexibility index (Phi) is 7.76. The smallest absolute Gasteiger partial charge is 0.409 e. The summed E-state index contributed by atoms with van der Waals surface area (Å²) >= 11 is 0. The van der Waals surface area contributed by atoms with Crippen LogP contribution in [0.1, 0.15) is 40.0 Å². The second-order valence-electron chi connectivity index (χ2n) is 6.74. The lowest BCUT2D eigenvalue weighted by molar-refractivity contribution is 0.0757. The Morgan fingerprint density at radius 2 is 2.00 bits per heavy atom. The quantitative estimate of drug-likeness (QED) is 0.815. The maximum absolute atomic E-state index is 13.0. The summed E-state index contributed by atoms with van der Waals surface area (Å²) in [5, 5.41) is 2.99. The molecule has 1 atom stereocenters. The van der Waals surface area contributed by atoms with E-state index in [1.165, 1.54) is 0 Å². The number of nitrogens with one attached hydrogen (secondary N) is 1. The molecular formula is C20H31N3O4. The molecule has 0 unspecified atom stereocenters. The number of anilines is 1. The van der Waals surface area contributed by atoms with Crippen LogP contribution in [0, 0.1) is 0 Å². The van der Waals surface area contributed by atoms with Gasteiger partial charge in [0.1, 0.15) is 5.75 Å². The third kappa shape index (κ3) is 5.52. The summed E-state index contributed by atoms with van der Waals surface area (Å²) in [4.78, 5) is 28.5. The van der Waals surface area contributed by atoms with Crippen LogP contribution in [0.15, 0.2) is 24.3 Å². The highest BCUT2D eigenvalue weighted by Crippen LogP contribution is 2.23. The first-order valence-electron chi connectivity index (χ1n) is 9.65. The number of urea groups is 1. The molecule has 1 aromatic carbocycles. The zero-order chi connectivity index (χ0) is 19.8. The van der Waals surface area contributed by atoms with E-state index in [0.717, 1.165) is 19.3 Å². The van der Waals surface area contributed by atoms with Gasteiger partial charge in [-0.2, -0.15) is 0 Å². The van der Waals surface area contributed by atoms with Crippen LogP contribution in [0.3, 0.4) is 0 Å². The van der Waals surface area contributed by atoms with Gasteiger partial charge in [0.15, 0.2) is 0 Å². The summed E-state index contributed by atoms with van der Waals surface area (Å²) < 4.78 is 10.3. The highest BCUT2D eigenvalue weighted by atomic mass is 16.6. The van der Waals surface area contributed by atoms with E-state index in [4.69, 9.17) is 9.47 Å². The minimum absolute atomic E-state index is 0.0937. The molecule has 150 valence electrons. The van der Waals surface area contributed by atoms with Gasteiger partial charge in [0, 0.05) is 36.9 Å². The van der Waals surface area contributed by atoms with Gasteiger partial charge >= 0.3 is 12.1 Å². The van der Waals surface area contributed by atoms with Gasteiger partial charge in [0.25, 0.3) is 0 Å². The summed E-state index contributed by atoms with van der Waals surface area (Å²) in [5.41, 5.74) is 0.705. The Balaban J connectivity index is 2.04. The topological polar surface area (TPSA) is 71.1 Å². The molecule has 2 rings (SSSR count). The lowest BCUT2D eigenvalue weighted by atomic mass is 10.0. The van der Waals surface area contributed by atoms with Crippen molar-refractivity contribution >= 4 is 17.8 Å². The Hall–Kier alpha value is -2.44. The number of carbonyl (C=O) groups is 2. The highest BCUT2D eigenvalue weighted by Gasteiger charge is 2.32. The normalized spacial score (nSPS) is 15.8. The largest absolute Gasteiger partial charge is 0.497 e. The Morgan fingerprint density at radius 1 is 1.30 bits per heavy atom. The summed E-state index contributed by atoms with van der Waals surface area (Å²) in [7, 11) is 1.60. The number of methoxy groups -OCH3 is 1. The van der Waals surface area contributed by atoms with Crippen molar-refractivity contribution in [3.8, 4) is 5.75 Å². The number of hydrogen-bond acceptors (Lipinski definition) is 4. The first-order chi connectivity index (χ1) is 13.0. The third-order valence-electron chi connectivity index (χ3n) is 5.01. The van der Waals surface area contributed by atoms with Crippen LogP contribution in [-0.4, -0.2) is 60.8 Å². The Morgan fingerprint density at radius 3 is 2.59 bits per heavy atom. The van der Waals surface area contributed by atoms with E-state index in [9.17, 15) is 9.59 Å². The number of likely N-dealkylation sites (tertiary alicyclic amines) is 1. The first-order valence-corrected chi connectivity index (χ1v) is 9.65. The van der Waals surface area contributed by atoms with Gasteiger partial charge in [-0.25, -0.2) is 9.59 Å². The van der Waals surface area contributed by atoms with Crippen LogP contribution < -0.4 is 10.1 Å². The number of amides is 3. The van der Waals surface area contributed by atoms with E-state index < -0.39 is 0 Å². The van der Waals surface area contributed by atoms with E-state index in [1.54, 1.807) is 25.0 Å². The molecule has 1 N–H and O–H groups in total. The fourth-order valence-electron chi connectivity index (χ4n) is 3.35. The number of piperidine rings is 1.